The molecule has 1 amide bonds. The Balaban J connectivity index is 0.00000220. The molecule has 1 heterocycles. The number of likely N-dealkylation sites (tertiary alicyclic amines) is 1. The molecule has 118 valence electrons. The van der Waals surface area contributed by atoms with Gasteiger partial charge < -0.3 is 15.0 Å². The van der Waals surface area contributed by atoms with Crippen molar-refractivity contribution in [1.29, 1.82) is 0 Å². The number of carbonyl (C=O) groups excluding carboxylic acids is 1. The van der Waals surface area contributed by atoms with Crippen molar-refractivity contribution in [1.82, 2.24) is 10.2 Å². The minimum Gasteiger partial charge on any atom is -0.376 e. The molecule has 1 aromatic rings. The molecular formula is C16H25ClN2O2. The molecule has 1 fully saturated rings. The van der Waals surface area contributed by atoms with Crippen molar-refractivity contribution >= 4 is 18.3 Å². The number of hydrogen-bond donors (Lipinski definition) is 1. The predicted molar refractivity (Wildman–Crippen MR) is 86.6 cm³/mol. The molecule has 0 radical (unpaired) electrons. The summed E-state index contributed by atoms with van der Waals surface area (Å²) in [6.07, 6.45) is 1.65. The highest BCUT2D eigenvalue weighted by molar-refractivity contribution is 5.85. The predicted octanol–water partition coefficient (Wildman–Crippen LogP) is 2.08. The van der Waals surface area contributed by atoms with Gasteiger partial charge in [-0.25, -0.2) is 0 Å². The molecule has 1 aliphatic heterocycles. The number of benzene rings is 1. The molecule has 0 aliphatic carbocycles. The van der Waals surface area contributed by atoms with Gasteiger partial charge >= 0.3 is 0 Å². The van der Waals surface area contributed by atoms with Crippen LogP contribution in [0.25, 0.3) is 0 Å². The van der Waals surface area contributed by atoms with Crippen LogP contribution in [0, 0.1) is 5.92 Å². The van der Waals surface area contributed by atoms with E-state index in [2.05, 4.69) is 17.4 Å². The first-order valence-electron chi connectivity index (χ1n) is 7.33. The van der Waals surface area contributed by atoms with E-state index < -0.39 is 0 Å². The number of rotatable bonds is 7. The van der Waals surface area contributed by atoms with Crippen molar-refractivity contribution in [2.45, 2.75) is 19.4 Å². The summed E-state index contributed by atoms with van der Waals surface area (Å²) in [5.74, 6) is 0.738. The molecule has 0 bridgehead atoms. The lowest BCUT2D eigenvalue weighted by atomic mass is 10.1. The van der Waals surface area contributed by atoms with E-state index in [0.29, 0.717) is 18.9 Å². The van der Waals surface area contributed by atoms with Crippen molar-refractivity contribution in [3.8, 4) is 0 Å². The summed E-state index contributed by atoms with van der Waals surface area (Å²) in [6.45, 7) is 3.87. The molecule has 0 saturated carbocycles. The van der Waals surface area contributed by atoms with Crippen LogP contribution >= 0.6 is 12.4 Å². The third kappa shape index (κ3) is 6.04. The molecule has 1 aromatic carbocycles. The largest absolute Gasteiger partial charge is 0.376 e. The topological polar surface area (TPSA) is 41.6 Å². The number of hydrogen-bond acceptors (Lipinski definition) is 3. The van der Waals surface area contributed by atoms with E-state index in [1.54, 1.807) is 0 Å². The fourth-order valence-electron chi connectivity index (χ4n) is 2.50. The highest BCUT2D eigenvalue weighted by atomic mass is 35.5. The van der Waals surface area contributed by atoms with Crippen molar-refractivity contribution in [2.75, 3.05) is 33.3 Å². The Bertz CT molecular complexity index is 414. The average Bonchev–Trinajstić information content (AvgIpc) is 2.95. The van der Waals surface area contributed by atoms with E-state index in [4.69, 9.17) is 4.74 Å². The number of halogens is 1. The Morgan fingerprint density at radius 1 is 1.38 bits per heavy atom. The molecule has 4 nitrogen and oxygen atoms in total. The second-order valence-corrected chi connectivity index (χ2v) is 5.35. The number of nitrogens with zero attached hydrogens (tertiary/aromatic N) is 1. The number of carbonyl (C=O) groups is 1. The first kappa shape index (κ1) is 18.0. The van der Waals surface area contributed by atoms with E-state index >= 15 is 0 Å². The summed E-state index contributed by atoms with van der Waals surface area (Å²) in [5.41, 5.74) is 1.20. The van der Waals surface area contributed by atoms with E-state index in [0.717, 1.165) is 32.7 Å². The highest BCUT2D eigenvalue weighted by Crippen LogP contribution is 2.17. The van der Waals surface area contributed by atoms with Crippen molar-refractivity contribution in [3.63, 3.8) is 0 Å². The zero-order valence-corrected chi connectivity index (χ0v) is 13.4. The van der Waals surface area contributed by atoms with Gasteiger partial charge in [-0.1, -0.05) is 30.3 Å². The second kappa shape index (κ2) is 9.77. The molecule has 1 aliphatic rings. The summed E-state index contributed by atoms with van der Waals surface area (Å²) in [4.78, 5) is 13.9. The summed E-state index contributed by atoms with van der Waals surface area (Å²) in [6, 6.07) is 10.2. The summed E-state index contributed by atoms with van der Waals surface area (Å²) >= 11 is 0. The summed E-state index contributed by atoms with van der Waals surface area (Å²) < 4.78 is 5.76. The van der Waals surface area contributed by atoms with E-state index in [1.165, 1.54) is 5.56 Å². The van der Waals surface area contributed by atoms with Crippen LogP contribution in [0.4, 0.5) is 0 Å². The van der Waals surface area contributed by atoms with Crippen LogP contribution in [-0.2, 0) is 16.1 Å². The Kier molecular flexibility index (Phi) is 8.35. The maximum absolute atomic E-state index is 11.9. The van der Waals surface area contributed by atoms with E-state index in [-0.39, 0.29) is 18.3 Å². The van der Waals surface area contributed by atoms with Crippen molar-refractivity contribution in [3.05, 3.63) is 35.9 Å². The van der Waals surface area contributed by atoms with Gasteiger partial charge in [-0.3, -0.25) is 4.79 Å². The maximum atomic E-state index is 11.9. The lowest BCUT2D eigenvalue weighted by Gasteiger charge is -2.16. The molecule has 1 unspecified atom stereocenters. The normalized spacial score (nSPS) is 17.6. The van der Waals surface area contributed by atoms with Gasteiger partial charge in [0.1, 0.15) is 0 Å². The van der Waals surface area contributed by atoms with Gasteiger partial charge in [0.05, 0.1) is 13.2 Å². The van der Waals surface area contributed by atoms with Crippen LogP contribution in [0.15, 0.2) is 30.3 Å². The maximum Gasteiger partial charge on any atom is 0.223 e. The summed E-state index contributed by atoms with van der Waals surface area (Å²) in [7, 11) is 1.87. The average molecular weight is 313 g/mol. The fraction of sp³-hybridized carbons (Fsp3) is 0.562. The lowest BCUT2D eigenvalue weighted by molar-refractivity contribution is -0.130. The van der Waals surface area contributed by atoms with Crippen LogP contribution in [0.1, 0.15) is 18.4 Å². The van der Waals surface area contributed by atoms with E-state index in [9.17, 15) is 4.79 Å². The Labute approximate surface area is 133 Å². The first-order valence-corrected chi connectivity index (χ1v) is 7.33. The van der Waals surface area contributed by atoms with Crippen LogP contribution in [0.5, 0.6) is 0 Å². The van der Waals surface area contributed by atoms with Gasteiger partial charge in [-0.15, -0.1) is 12.4 Å². The SMILES string of the molecule is CNCCC(=O)N1CCC(COCc2ccccc2)C1.Cl. The van der Waals surface area contributed by atoms with Gasteiger partial charge in [0.2, 0.25) is 5.91 Å². The molecule has 5 heteroatoms. The van der Waals surface area contributed by atoms with Crippen LogP contribution in [-0.4, -0.2) is 44.1 Å². The van der Waals surface area contributed by atoms with Gasteiger partial charge in [0.25, 0.3) is 0 Å². The molecule has 1 N–H and O–H groups in total. The van der Waals surface area contributed by atoms with Gasteiger partial charge in [-0.2, -0.15) is 0 Å². The summed E-state index contributed by atoms with van der Waals surface area (Å²) in [5, 5.41) is 3.01. The molecule has 1 saturated heterocycles. The molecular weight excluding hydrogens is 288 g/mol. The molecule has 0 spiro atoms. The Hall–Kier alpha value is -1.10. The molecule has 2 rings (SSSR count). The molecule has 0 aromatic heterocycles. The van der Waals surface area contributed by atoms with Crippen LogP contribution in [0.3, 0.4) is 0 Å². The fourth-order valence-corrected chi connectivity index (χ4v) is 2.50. The number of nitrogens with one attached hydrogen (secondary N) is 1. The monoisotopic (exact) mass is 312 g/mol. The Morgan fingerprint density at radius 2 is 2.14 bits per heavy atom. The zero-order chi connectivity index (χ0) is 14.2. The zero-order valence-electron chi connectivity index (χ0n) is 12.6. The second-order valence-electron chi connectivity index (χ2n) is 5.35. The quantitative estimate of drug-likeness (QED) is 0.838. The smallest absolute Gasteiger partial charge is 0.223 e. The minimum atomic E-state index is 0. The first-order chi connectivity index (χ1) is 9.79. The third-order valence-corrected chi connectivity index (χ3v) is 3.69. The van der Waals surface area contributed by atoms with Crippen molar-refractivity contribution < 1.29 is 9.53 Å². The Morgan fingerprint density at radius 3 is 2.86 bits per heavy atom. The third-order valence-electron chi connectivity index (χ3n) is 3.69. The van der Waals surface area contributed by atoms with Gasteiger partial charge in [0.15, 0.2) is 0 Å². The number of ether oxygens (including phenoxy) is 1. The van der Waals surface area contributed by atoms with Crippen LogP contribution < -0.4 is 5.32 Å². The van der Waals surface area contributed by atoms with Gasteiger partial charge in [-0.05, 0) is 19.0 Å². The molecule has 21 heavy (non-hydrogen) atoms. The van der Waals surface area contributed by atoms with Crippen LogP contribution in [0.2, 0.25) is 0 Å². The lowest BCUT2D eigenvalue weighted by Crippen LogP contribution is -2.31. The van der Waals surface area contributed by atoms with Gasteiger partial charge in [0, 0.05) is 32.0 Å². The van der Waals surface area contributed by atoms with E-state index in [1.807, 2.05) is 30.1 Å². The minimum absolute atomic E-state index is 0. The highest BCUT2D eigenvalue weighted by Gasteiger charge is 2.25. The van der Waals surface area contributed by atoms with Crippen molar-refractivity contribution in [2.24, 2.45) is 5.92 Å². The standard InChI is InChI=1S/C16H24N2O2.ClH/c1-17-9-7-16(19)18-10-8-15(11-18)13-20-12-14-5-3-2-4-6-14;/h2-6,15,17H,7-13H2,1H3;1H. The molecule has 1 atom stereocenters. The number of amides is 1.